The minimum Gasteiger partial charge on any atom is -0.381 e. The van der Waals surface area contributed by atoms with Gasteiger partial charge < -0.3 is 10.1 Å². The van der Waals surface area contributed by atoms with Gasteiger partial charge in [-0.1, -0.05) is 17.4 Å². The zero-order valence-electron chi connectivity index (χ0n) is 15.2. The average molecular weight is 384 g/mol. The maximum atomic E-state index is 12.3. The first-order valence-electron chi connectivity index (χ1n) is 8.85. The summed E-state index contributed by atoms with van der Waals surface area (Å²) in [5.41, 5.74) is 1.53. The molecule has 1 aliphatic rings. The zero-order chi connectivity index (χ0) is 19.0. The van der Waals surface area contributed by atoms with E-state index in [4.69, 9.17) is 4.74 Å². The lowest BCUT2D eigenvalue weighted by Crippen LogP contribution is -2.28. The Labute approximate surface area is 160 Å². The van der Waals surface area contributed by atoms with Crippen molar-refractivity contribution in [1.82, 2.24) is 14.5 Å². The van der Waals surface area contributed by atoms with E-state index in [0.29, 0.717) is 35.1 Å². The van der Waals surface area contributed by atoms with Crippen molar-refractivity contribution in [2.24, 2.45) is 13.0 Å². The number of amides is 1. The minimum atomic E-state index is -0.0576. The van der Waals surface area contributed by atoms with Gasteiger partial charge in [-0.2, -0.15) is 0 Å². The smallest absolute Gasteiger partial charge is 0.261 e. The van der Waals surface area contributed by atoms with Crippen LogP contribution >= 0.6 is 11.3 Å². The third kappa shape index (κ3) is 3.50. The van der Waals surface area contributed by atoms with Gasteiger partial charge in [-0.15, -0.1) is 0 Å². The molecule has 27 heavy (non-hydrogen) atoms. The third-order valence-electron chi connectivity index (χ3n) is 4.91. The predicted octanol–water partition coefficient (Wildman–Crippen LogP) is 2.73. The molecule has 140 valence electrons. The van der Waals surface area contributed by atoms with Crippen LogP contribution in [0.2, 0.25) is 0 Å². The van der Waals surface area contributed by atoms with Gasteiger partial charge in [-0.05, 0) is 37.5 Å². The van der Waals surface area contributed by atoms with Gasteiger partial charge in [-0.25, -0.2) is 9.97 Å². The molecular formula is C19H20N4O3S. The molecule has 0 spiro atoms. The van der Waals surface area contributed by atoms with Crippen LogP contribution in [-0.2, 0) is 16.6 Å². The van der Waals surface area contributed by atoms with Gasteiger partial charge in [0, 0.05) is 32.4 Å². The van der Waals surface area contributed by atoms with Gasteiger partial charge in [0.25, 0.3) is 5.56 Å². The molecule has 7 nitrogen and oxygen atoms in total. The van der Waals surface area contributed by atoms with Crippen LogP contribution < -0.4 is 10.9 Å². The van der Waals surface area contributed by atoms with Crippen LogP contribution in [0.15, 0.2) is 29.2 Å². The summed E-state index contributed by atoms with van der Waals surface area (Å²) in [6.07, 6.45) is 3.22. The Kier molecular flexibility index (Phi) is 4.75. The van der Waals surface area contributed by atoms with E-state index in [1.165, 1.54) is 11.3 Å². The maximum Gasteiger partial charge on any atom is 0.261 e. The second kappa shape index (κ2) is 7.21. The number of hydrogen-bond donors (Lipinski definition) is 1. The fourth-order valence-corrected chi connectivity index (χ4v) is 3.98. The van der Waals surface area contributed by atoms with E-state index in [1.54, 1.807) is 23.9 Å². The largest absolute Gasteiger partial charge is 0.381 e. The number of hydrogen-bond acceptors (Lipinski definition) is 6. The topological polar surface area (TPSA) is 86.1 Å². The van der Waals surface area contributed by atoms with Gasteiger partial charge in [-0.3, -0.25) is 14.2 Å². The number of anilines is 1. The van der Waals surface area contributed by atoms with Crippen molar-refractivity contribution >= 4 is 33.3 Å². The zero-order valence-corrected chi connectivity index (χ0v) is 16.0. The van der Waals surface area contributed by atoms with Crippen LogP contribution in [0.1, 0.15) is 18.7 Å². The molecule has 0 saturated carbocycles. The molecule has 1 aromatic carbocycles. The van der Waals surface area contributed by atoms with Crippen molar-refractivity contribution in [3.8, 4) is 10.4 Å². The van der Waals surface area contributed by atoms with E-state index in [2.05, 4.69) is 15.3 Å². The Bertz CT molecular complexity index is 1070. The lowest BCUT2D eigenvalue weighted by atomic mass is 10.00. The quantitative estimate of drug-likeness (QED) is 0.750. The lowest BCUT2D eigenvalue weighted by molar-refractivity contribution is -0.122. The molecule has 8 heteroatoms. The highest BCUT2D eigenvalue weighted by molar-refractivity contribution is 7.19. The molecule has 3 aromatic rings. The standard InChI is InChI=1S/C19H20N4O3S/c1-11-21-15-9-13(3-4-14(15)18(25)23(11)2)16-10-20-19(27-16)22-17(24)12-5-7-26-8-6-12/h3-4,9-10,12H,5-8H2,1-2H3,(H,20,22,24). The molecule has 0 radical (unpaired) electrons. The number of aromatic nitrogens is 3. The molecule has 1 amide bonds. The van der Waals surface area contributed by atoms with Crippen molar-refractivity contribution in [2.75, 3.05) is 18.5 Å². The van der Waals surface area contributed by atoms with Crippen LogP contribution in [0.4, 0.5) is 5.13 Å². The molecule has 0 atom stereocenters. The number of thiazole rings is 1. The lowest BCUT2D eigenvalue weighted by Gasteiger charge is -2.20. The number of nitrogens with one attached hydrogen (secondary N) is 1. The van der Waals surface area contributed by atoms with Crippen molar-refractivity contribution in [3.05, 3.63) is 40.6 Å². The van der Waals surface area contributed by atoms with E-state index < -0.39 is 0 Å². The molecule has 0 bridgehead atoms. The first-order chi connectivity index (χ1) is 13.0. The SMILES string of the molecule is Cc1nc2cc(-c3cnc(NC(=O)C4CCOCC4)s3)ccc2c(=O)n1C. The highest BCUT2D eigenvalue weighted by atomic mass is 32.1. The Morgan fingerprint density at radius 1 is 1.33 bits per heavy atom. The molecular weight excluding hydrogens is 364 g/mol. The van der Waals surface area contributed by atoms with E-state index in [0.717, 1.165) is 23.3 Å². The van der Waals surface area contributed by atoms with Crippen LogP contribution in [0, 0.1) is 12.8 Å². The number of ether oxygens (including phenoxy) is 1. The molecule has 1 aliphatic heterocycles. The molecule has 3 heterocycles. The number of aryl methyl sites for hydroxylation is 1. The first-order valence-corrected chi connectivity index (χ1v) is 9.67. The van der Waals surface area contributed by atoms with Gasteiger partial charge in [0.2, 0.25) is 5.91 Å². The van der Waals surface area contributed by atoms with Gasteiger partial charge in [0.1, 0.15) is 5.82 Å². The number of carbonyl (C=O) groups excluding carboxylic acids is 1. The van der Waals surface area contributed by atoms with Crippen LogP contribution in [0.25, 0.3) is 21.3 Å². The summed E-state index contributed by atoms with van der Waals surface area (Å²) >= 11 is 1.41. The Balaban J connectivity index is 1.58. The summed E-state index contributed by atoms with van der Waals surface area (Å²) in [6.45, 7) is 3.07. The van der Waals surface area contributed by atoms with E-state index >= 15 is 0 Å². The molecule has 1 saturated heterocycles. The fraction of sp³-hybridized carbons (Fsp3) is 0.368. The summed E-state index contributed by atoms with van der Waals surface area (Å²) in [4.78, 5) is 34.4. The highest BCUT2D eigenvalue weighted by Gasteiger charge is 2.22. The van der Waals surface area contributed by atoms with Gasteiger partial charge in [0.15, 0.2) is 5.13 Å². The van der Waals surface area contributed by atoms with Crippen molar-refractivity contribution in [3.63, 3.8) is 0 Å². The van der Waals surface area contributed by atoms with Gasteiger partial charge in [0.05, 0.1) is 15.8 Å². The maximum absolute atomic E-state index is 12.3. The second-order valence-electron chi connectivity index (χ2n) is 6.66. The monoisotopic (exact) mass is 384 g/mol. The van der Waals surface area contributed by atoms with E-state index in [9.17, 15) is 9.59 Å². The molecule has 4 rings (SSSR count). The number of carbonyl (C=O) groups is 1. The molecule has 0 aliphatic carbocycles. The predicted molar refractivity (Wildman–Crippen MR) is 105 cm³/mol. The average Bonchev–Trinajstić information content (AvgIpc) is 3.15. The summed E-state index contributed by atoms with van der Waals surface area (Å²) in [5.74, 6) is 0.645. The van der Waals surface area contributed by atoms with E-state index in [-0.39, 0.29) is 17.4 Å². The third-order valence-corrected chi connectivity index (χ3v) is 5.87. The fourth-order valence-electron chi connectivity index (χ4n) is 3.17. The Morgan fingerprint density at radius 2 is 2.11 bits per heavy atom. The molecule has 1 fully saturated rings. The number of rotatable bonds is 3. The number of benzene rings is 1. The Morgan fingerprint density at radius 3 is 2.89 bits per heavy atom. The van der Waals surface area contributed by atoms with Gasteiger partial charge >= 0.3 is 0 Å². The van der Waals surface area contributed by atoms with Crippen molar-refractivity contribution < 1.29 is 9.53 Å². The summed E-state index contributed by atoms with van der Waals surface area (Å²) in [5, 5.41) is 4.07. The first kappa shape index (κ1) is 17.8. The Hall–Kier alpha value is -2.58. The molecule has 0 unspecified atom stereocenters. The van der Waals surface area contributed by atoms with Crippen molar-refractivity contribution in [2.45, 2.75) is 19.8 Å². The number of fused-ring (bicyclic) bond motifs is 1. The summed E-state index contributed by atoms with van der Waals surface area (Å²) in [7, 11) is 1.72. The van der Waals surface area contributed by atoms with Crippen LogP contribution in [-0.4, -0.2) is 33.7 Å². The number of nitrogens with zero attached hydrogens (tertiary/aromatic N) is 3. The summed E-state index contributed by atoms with van der Waals surface area (Å²) in [6, 6.07) is 5.57. The van der Waals surface area contributed by atoms with Crippen LogP contribution in [0.3, 0.4) is 0 Å². The minimum absolute atomic E-state index is 0.00139. The van der Waals surface area contributed by atoms with Crippen molar-refractivity contribution in [1.29, 1.82) is 0 Å². The normalized spacial score (nSPS) is 15.2. The molecule has 1 N–H and O–H groups in total. The highest BCUT2D eigenvalue weighted by Crippen LogP contribution is 2.31. The molecule has 2 aromatic heterocycles. The van der Waals surface area contributed by atoms with E-state index in [1.807, 2.05) is 19.1 Å². The van der Waals surface area contributed by atoms with Crippen LogP contribution in [0.5, 0.6) is 0 Å². The second-order valence-corrected chi connectivity index (χ2v) is 7.69. The summed E-state index contributed by atoms with van der Waals surface area (Å²) < 4.78 is 6.84.